The third-order valence-electron chi connectivity index (χ3n) is 3.73. The van der Waals surface area contributed by atoms with E-state index >= 15 is 0 Å². The van der Waals surface area contributed by atoms with Gasteiger partial charge < -0.3 is 4.58 Å². The predicted molar refractivity (Wildman–Crippen MR) is 88.2 cm³/mol. The molecule has 21 heavy (non-hydrogen) atoms. The zero-order valence-corrected chi connectivity index (χ0v) is 12.2. The molecule has 3 rings (SSSR count). The van der Waals surface area contributed by atoms with E-state index in [9.17, 15) is 0 Å². The van der Waals surface area contributed by atoms with Gasteiger partial charge >= 0.3 is 0 Å². The summed E-state index contributed by atoms with van der Waals surface area (Å²) in [6, 6.07) is 21.1. The van der Waals surface area contributed by atoms with Crippen molar-refractivity contribution in [2.75, 3.05) is 6.54 Å². The van der Waals surface area contributed by atoms with E-state index in [1.54, 1.807) is 0 Å². The summed E-state index contributed by atoms with van der Waals surface area (Å²) in [6.45, 7) is 4.49. The van der Waals surface area contributed by atoms with Gasteiger partial charge in [0.15, 0.2) is 0 Å². The molecule has 1 saturated heterocycles. The van der Waals surface area contributed by atoms with Crippen LogP contribution in [-0.2, 0) is 0 Å². The van der Waals surface area contributed by atoms with Crippen LogP contribution in [-0.4, -0.2) is 17.3 Å². The smallest absolute Gasteiger partial charge is 0.115 e. The molecule has 0 unspecified atom stereocenters. The fraction of sp³-hybridized carbons (Fsp3) is 0.200. The first-order valence-electron chi connectivity index (χ1n) is 7.59. The Bertz CT molecular complexity index is 574. The van der Waals surface area contributed by atoms with Crippen LogP contribution in [0.25, 0.3) is 5.57 Å². The molecule has 1 nitrogen and oxygen atoms in total. The lowest BCUT2D eigenvalue weighted by atomic mass is 9.98. The maximum Gasteiger partial charge on any atom is 0.115 e. The lowest BCUT2D eigenvalue weighted by Crippen LogP contribution is -2.15. The molecule has 1 aliphatic rings. The molecule has 0 N–H and O–H groups in total. The van der Waals surface area contributed by atoms with Gasteiger partial charge in [-0.1, -0.05) is 73.2 Å². The Kier molecular flexibility index (Phi) is 4.52. The predicted octanol–water partition coefficient (Wildman–Crippen LogP) is 4.42. The highest BCUT2D eigenvalue weighted by Gasteiger charge is 2.05. The van der Waals surface area contributed by atoms with E-state index in [2.05, 4.69) is 84.1 Å². The van der Waals surface area contributed by atoms with Gasteiger partial charge in [0.2, 0.25) is 0 Å². The van der Waals surface area contributed by atoms with Gasteiger partial charge in [-0.2, -0.15) is 0 Å². The van der Waals surface area contributed by atoms with Crippen LogP contribution in [0.5, 0.6) is 0 Å². The van der Waals surface area contributed by atoms with Crippen molar-refractivity contribution >= 4 is 11.8 Å². The van der Waals surface area contributed by atoms with Crippen molar-refractivity contribution in [3.8, 4) is 0 Å². The second-order valence-corrected chi connectivity index (χ2v) is 5.27. The summed E-state index contributed by atoms with van der Waals surface area (Å²) in [7, 11) is 0. The molecule has 0 atom stereocenters. The first-order valence-corrected chi connectivity index (χ1v) is 7.59. The van der Waals surface area contributed by atoms with Gasteiger partial charge in [-0.25, -0.2) is 0 Å². The zero-order chi connectivity index (χ0) is 14.3. The average molecular weight is 274 g/mol. The van der Waals surface area contributed by atoms with Crippen molar-refractivity contribution in [3.63, 3.8) is 0 Å². The zero-order valence-electron chi connectivity index (χ0n) is 12.2. The van der Waals surface area contributed by atoms with E-state index in [4.69, 9.17) is 0 Å². The maximum atomic E-state index is 3.41. The lowest BCUT2D eigenvalue weighted by Gasteiger charge is -2.16. The molecular formula is C20H20N. The van der Waals surface area contributed by atoms with Crippen LogP contribution in [0.2, 0.25) is 0 Å². The molecule has 0 saturated carbocycles. The molecule has 0 bridgehead atoms. The first-order chi connectivity index (χ1) is 10.4. The standard InChI is InChI=1S/C20H20N/c1-4-10-18(11-5-1)20(19-12-6-2-7-13-19)14-17-21-15-8-3-9-16-21/h1-2,4-7,10-14,17H,3,8-9,15H2. The lowest BCUT2D eigenvalue weighted by molar-refractivity contribution is -0.492. The normalized spacial score (nSPS) is 16.3. The number of nitrogens with zero attached hydrogens (tertiary/aromatic N) is 1. The Balaban J connectivity index is 1.96. The summed E-state index contributed by atoms with van der Waals surface area (Å²) in [4.78, 5) is 0. The summed E-state index contributed by atoms with van der Waals surface area (Å²) < 4.78 is 2.19. The summed E-state index contributed by atoms with van der Waals surface area (Å²) in [5, 5.41) is 0. The fourth-order valence-electron chi connectivity index (χ4n) is 2.60. The van der Waals surface area contributed by atoms with Crippen LogP contribution in [0.15, 0.2) is 66.7 Å². The van der Waals surface area contributed by atoms with Crippen LogP contribution in [0, 0.1) is 6.54 Å². The van der Waals surface area contributed by atoms with Crippen molar-refractivity contribution in [2.45, 2.75) is 19.3 Å². The Labute approximate surface area is 127 Å². The van der Waals surface area contributed by atoms with Crippen LogP contribution < -0.4 is 0 Å². The fourth-order valence-corrected chi connectivity index (χ4v) is 2.60. The van der Waals surface area contributed by atoms with Crippen molar-refractivity contribution in [1.82, 2.24) is 0 Å². The minimum Gasteiger partial charge on any atom is -0.370 e. The minimum absolute atomic E-state index is 1.07. The molecule has 1 aliphatic heterocycles. The van der Waals surface area contributed by atoms with Crippen LogP contribution >= 0.6 is 0 Å². The first kappa shape index (κ1) is 13.7. The summed E-state index contributed by atoms with van der Waals surface area (Å²) in [5.74, 6) is 0. The number of piperidine rings is 1. The van der Waals surface area contributed by atoms with Crippen molar-refractivity contribution in [3.05, 3.63) is 84.4 Å². The molecular weight excluding hydrogens is 254 g/mol. The quantitative estimate of drug-likeness (QED) is 0.575. The van der Waals surface area contributed by atoms with Gasteiger partial charge in [0.25, 0.3) is 0 Å². The van der Waals surface area contributed by atoms with Crippen LogP contribution in [0.3, 0.4) is 0 Å². The van der Waals surface area contributed by atoms with Gasteiger partial charge in [0.05, 0.1) is 0 Å². The van der Waals surface area contributed by atoms with Crippen molar-refractivity contribution in [2.24, 2.45) is 0 Å². The number of benzene rings is 2. The molecule has 1 fully saturated rings. The SMILES string of the molecule is [C-]1CCCC[N+]1=CC=C(c1ccccc1)c1ccccc1. The molecule has 1 heteroatoms. The van der Waals surface area contributed by atoms with Gasteiger partial charge in [0, 0.05) is 19.2 Å². The highest BCUT2D eigenvalue weighted by molar-refractivity contribution is 5.90. The molecule has 105 valence electrons. The largest absolute Gasteiger partial charge is 0.370 e. The minimum atomic E-state index is 1.07. The maximum absolute atomic E-state index is 3.41. The van der Waals surface area contributed by atoms with E-state index in [0.29, 0.717) is 0 Å². The Hall–Kier alpha value is -2.28. The molecule has 1 heterocycles. The third kappa shape index (κ3) is 3.63. The molecule has 0 aliphatic carbocycles. The Morgan fingerprint density at radius 3 is 2.00 bits per heavy atom. The summed E-state index contributed by atoms with van der Waals surface area (Å²) in [5.41, 5.74) is 3.75. The molecule has 0 spiro atoms. The van der Waals surface area contributed by atoms with E-state index in [0.717, 1.165) is 13.0 Å². The van der Waals surface area contributed by atoms with Gasteiger partial charge in [-0.3, -0.25) is 0 Å². The van der Waals surface area contributed by atoms with Crippen LogP contribution in [0.1, 0.15) is 30.4 Å². The molecule has 2 aromatic carbocycles. The number of rotatable bonds is 3. The second-order valence-electron chi connectivity index (χ2n) is 5.27. The monoisotopic (exact) mass is 274 g/mol. The summed E-state index contributed by atoms with van der Waals surface area (Å²) in [6.07, 6.45) is 7.95. The van der Waals surface area contributed by atoms with Crippen LogP contribution in [0.4, 0.5) is 0 Å². The van der Waals surface area contributed by atoms with E-state index in [-0.39, 0.29) is 0 Å². The number of hydrogen-bond donors (Lipinski definition) is 0. The van der Waals surface area contributed by atoms with Gasteiger partial charge in [-0.05, 0) is 23.1 Å². The Morgan fingerprint density at radius 1 is 0.857 bits per heavy atom. The molecule has 1 radical (unpaired) electrons. The van der Waals surface area contributed by atoms with E-state index in [1.165, 1.54) is 29.5 Å². The molecule has 0 amide bonds. The molecule has 2 aromatic rings. The summed E-state index contributed by atoms with van der Waals surface area (Å²) >= 11 is 0. The third-order valence-corrected chi connectivity index (χ3v) is 3.73. The van der Waals surface area contributed by atoms with Crippen molar-refractivity contribution in [1.29, 1.82) is 0 Å². The Morgan fingerprint density at radius 2 is 1.48 bits per heavy atom. The topological polar surface area (TPSA) is 3.01 Å². The van der Waals surface area contributed by atoms with E-state index < -0.39 is 0 Å². The van der Waals surface area contributed by atoms with Crippen molar-refractivity contribution < 1.29 is 4.58 Å². The highest BCUT2D eigenvalue weighted by atomic mass is 15.0. The second kappa shape index (κ2) is 6.94. The van der Waals surface area contributed by atoms with E-state index in [1.807, 2.05) is 0 Å². The van der Waals surface area contributed by atoms with Gasteiger partial charge in [-0.15, -0.1) is 0 Å². The highest BCUT2D eigenvalue weighted by Crippen LogP contribution is 2.22. The van der Waals surface area contributed by atoms with Gasteiger partial charge in [0.1, 0.15) is 6.54 Å². The number of allylic oxidation sites excluding steroid dienone is 1. The molecule has 0 aromatic heterocycles. The average Bonchev–Trinajstić information content (AvgIpc) is 2.58. The number of hydrogen-bond acceptors (Lipinski definition) is 0.